The second kappa shape index (κ2) is 9.63. The second-order valence-electron chi connectivity index (χ2n) is 6.91. The molecular weight excluding hydrogens is 445 g/mol. The van der Waals surface area contributed by atoms with Gasteiger partial charge in [-0.2, -0.15) is 0 Å². The Bertz CT molecular complexity index is 1150. The van der Waals surface area contributed by atoms with Crippen molar-refractivity contribution < 1.29 is 41.4 Å². The van der Waals surface area contributed by atoms with Crippen LogP contribution in [0.4, 0.5) is 13.2 Å². The highest BCUT2D eigenvalue weighted by Gasteiger charge is 2.31. The van der Waals surface area contributed by atoms with E-state index in [4.69, 9.17) is 9.15 Å². The fourth-order valence-electron chi connectivity index (χ4n) is 3.16. The van der Waals surface area contributed by atoms with Gasteiger partial charge in [0.05, 0.1) is 6.26 Å². The van der Waals surface area contributed by atoms with Crippen molar-refractivity contribution in [2.75, 3.05) is 13.2 Å². The molecule has 11 heteroatoms. The van der Waals surface area contributed by atoms with E-state index in [9.17, 15) is 27.6 Å². The monoisotopic (exact) mass is 464 g/mol. The number of nitrogens with zero attached hydrogens (tertiary/aromatic N) is 1. The molecule has 3 aromatic rings. The normalized spacial score (nSPS) is 11.2. The van der Waals surface area contributed by atoms with Crippen LogP contribution in [0.1, 0.15) is 32.3 Å². The number of ketones is 1. The number of benzene rings is 1. The number of halogens is 3. The average molecular weight is 464 g/mol. The summed E-state index contributed by atoms with van der Waals surface area (Å²) in [6.07, 6.45) is -3.48. The number of hydrogen-bond acceptors (Lipinski definition) is 6. The Morgan fingerprint density at radius 1 is 1.09 bits per heavy atom. The van der Waals surface area contributed by atoms with E-state index in [-0.39, 0.29) is 17.1 Å². The van der Waals surface area contributed by atoms with Crippen molar-refractivity contribution in [1.82, 2.24) is 9.88 Å². The quantitative estimate of drug-likeness (QED) is 0.403. The van der Waals surface area contributed by atoms with Crippen LogP contribution in [0.2, 0.25) is 0 Å². The molecule has 174 valence electrons. The molecule has 8 nitrogen and oxygen atoms in total. The summed E-state index contributed by atoms with van der Waals surface area (Å²) in [5.41, 5.74) is 1.98. The predicted octanol–water partition coefficient (Wildman–Crippen LogP) is 3.74. The van der Waals surface area contributed by atoms with Gasteiger partial charge in [0.2, 0.25) is 5.78 Å². The molecule has 0 saturated heterocycles. The number of carbonyl (C=O) groups excluding carboxylic acids is 3. The molecule has 0 unspecified atom stereocenters. The predicted molar refractivity (Wildman–Crippen MR) is 108 cm³/mol. The number of aryl methyl sites for hydroxylation is 1. The van der Waals surface area contributed by atoms with E-state index in [2.05, 4.69) is 10.1 Å². The van der Waals surface area contributed by atoms with Crippen LogP contribution >= 0.6 is 0 Å². The Morgan fingerprint density at radius 3 is 2.39 bits per heavy atom. The first-order valence-electron chi connectivity index (χ1n) is 9.61. The highest BCUT2D eigenvalue weighted by molar-refractivity contribution is 5.99. The highest BCUT2D eigenvalue weighted by Crippen LogP contribution is 2.26. The van der Waals surface area contributed by atoms with Crippen LogP contribution < -0.4 is 10.1 Å². The molecule has 1 aromatic carbocycles. The molecule has 1 amide bonds. The number of carbonyl (C=O) groups is 3. The Morgan fingerprint density at radius 2 is 1.79 bits per heavy atom. The van der Waals surface area contributed by atoms with Gasteiger partial charge in [-0.1, -0.05) is 0 Å². The summed E-state index contributed by atoms with van der Waals surface area (Å²) >= 11 is 0. The highest BCUT2D eigenvalue weighted by atomic mass is 19.4. The maximum atomic E-state index is 12.6. The third-order valence-electron chi connectivity index (χ3n) is 4.56. The molecular formula is C22H19F3N2O6. The first kappa shape index (κ1) is 23.6. The van der Waals surface area contributed by atoms with E-state index in [0.717, 1.165) is 0 Å². The van der Waals surface area contributed by atoms with E-state index < -0.39 is 37.2 Å². The number of nitrogens with one attached hydrogen (secondary N) is 1. The van der Waals surface area contributed by atoms with Crippen LogP contribution in [0.25, 0.3) is 5.69 Å². The summed E-state index contributed by atoms with van der Waals surface area (Å²) < 4.78 is 52.4. The molecule has 0 bridgehead atoms. The number of alkyl halides is 3. The maximum absolute atomic E-state index is 12.6. The molecule has 2 heterocycles. The summed E-state index contributed by atoms with van der Waals surface area (Å²) in [5, 5.41) is 2.31. The summed E-state index contributed by atoms with van der Waals surface area (Å²) in [5.74, 6) is -2.21. The van der Waals surface area contributed by atoms with Gasteiger partial charge in [0.25, 0.3) is 5.91 Å². The maximum Gasteiger partial charge on any atom is 0.573 e. The SMILES string of the molecule is Cc1cc(C(=O)COC(=O)CNC(=O)c2ccco2)c(C)n1-c1ccc(OC(F)(F)F)cc1. The molecule has 0 fully saturated rings. The van der Waals surface area contributed by atoms with Gasteiger partial charge < -0.3 is 23.8 Å². The van der Waals surface area contributed by atoms with Crippen molar-refractivity contribution in [2.24, 2.45) is 0 Å². The molecule has 0 aliphatic carbocycles. The van der Waals surface area contributed by atoms with Gasteiger partial charge in [0.1, 0.15) is 12.3 Å². The summed E-state index contributed by atoms with van der Waals surface area (Å²) in [7, 11) is 0. The molecule has 0 atom stereocenters. The lowest BCUT2D eigenvalue weighted by molar-refractivity contribution is -0.274. The Kier molecular flexibility index (Phi) is 6.90. The molecule has 0 saturated carbocycles. The van der Waals surface area contributed by atoms with Crippen LogP contribution in [0.5, 0.6) is 5.75 Å². The van der Waals surface area contributed by atoms with Gasteiger partial charge in [-0.25, -0.2) is 0 Å². The minimum Gasteiger partial charge on any atom is -0.459 e. The smallest absolute Gasteiger partial charge is 0.459 e. The number of aromatic nitrogens is 1. The lowest BCUT2D eigenvalue weighted by atomic mass is 10.1. The van der Waals surface area contributed by atoms with Crippen LogP contribution in [-0.2, 0) is 9.53 Å². The third kappa shape index (κ3) is 6.03. The first-order chi connectivity index (χ1) is 15.5. The van der Waals surface area contributed by atoms with E-state index in [1.165, 1.54) is 42.7 Å². The van der Waals surface area contributed by atoms with Crippen molar-refractivity contribution in [2.45, 2.75) is 20.2 Å². The topological polar surface area (TPSA) is 99.8 Å². The second-order valence-corrected chi connectivity index (χ2v) is 6.91. The number of amides is 1. The van der Waals surface area contributed by atoms with Gasteiger partial charge in [-0.05, 0) is 56.3 Å². The minimum absolute atomic E-state index is 0.0318. The van der Waals surface area contributed by atoms with Crippen LogP contribution in [0.15, 0.2) is 53.1 Å². The van der Waals surface area contributed by atoms with Crippen molar-refractivity contribution >= 4 is 17.7 Å². The van der Waals surface area contributed by atoms with E-state index in [1.54, 1.807) is 24.5 Å². The lowest BCUT2D eigenvalue weighted by Gasteiger charge is -2.12. The summed E-state index contributed by atoms with van der Waals surface area (Å²) in [4.78, 5) is 36.1. The fourth-order valence-corrected chi connectivity index (χ4v) is 3.16. The standard InChI is InChI=1S/C22H19F3N2O6/c1-13-10-17(14(2)27(13)15-5-7-16(8-6-15)33-22(23,24)25)18(28)12-32-20(29)11-26-21(30)19-4-3-9-31-19/h3-10H,11-12H2,1-2H3,(H,26,30). The Hall–Kier alpha value is -4.02. The average Bonchev–Trinajstić information content (AvgIpc) is 3.38. The molecule has 0 aliphatic rings. The fraction of sp³-hybridized carbons (Fsp3) is 0.227. The number of Topliss-reactive ketones (excluding diaryl/α,β-unsaturated/α-hetero) is 1. The van der Waals surface area contributed by atoms with Crippen molar-refractivity contribution in [1.29, 1.82) is 0 Å². The third-order valence-corrected chi connectivity index (χ3v) is 4.56. The van der Waals surface area contributed by atoms with Gasteiger partial charge in [0.15, 0.2) is 12.4 Å². The van der Waals surface area contributed by atoms with Crippen LogP contribution in [0.3, 0.4) is 0 Å². The van der Waals surface area contributed by atoms with E-state index in [0.29, 0.717) is 17.1 Å². The number of ether oxygens (including phenoxy) is 2. The zero-order valence-electron chi connectivity index (χ0n) is 17.6. The zero-order valence-corrected chi connectivity index (χ0v) is 17.6. The Labute approximate surface area is 185 Å². The summed E-state index contributed by atoms with van der Waals surface area (Å²) in [6, 6.07) is 9.73. The Balaban J connectivity index is 1.61. The van der Waals surface area contributed by atoms with Gasteiger partial charge in [0, 0.05) is 22.6 Å². The van der Waals surface area contributed by atoms with Gasteiger partial charge in [-0.15, -0.1) is 13.2 Å². The minimum atomic E-state index is -4.79. The first-order valence-corrected chi connectivity index (χ1v) is 9.61. The number of hydrogen-bond donors (Lipinski definition) is 1. The van der Waals surface area contributed by atoms with Crippen molar-refractivity contribution in [3.05, 3.63) is 71.4 Å². The molecule has 0 spiro atoms. The zero-order chi connectivity index (χ0) is 24.2. The van der Waals surface area contributed by atoms with E-state index >= 15 is 0 Å². The van der Waals surface area contributed by atoms with Crippen molar-refractivity contribution in [3.63, 3.8) is 0 Å². The van der Waals surface area contributed by atoms with Gasteiger partial charge >= 0.3 is 12.3 Å². The number of esters is 1. The van der Waals surface area contributed by atoms with Gasteiger partial charge in [-0.3, -0.25) is 14.4 Å². The van der Waals surface area contributed by atoms with E-state index in [1.807, 2.05) is 0 Å². The molecule has 2 aromatic heterocycles. The molecule has 0 radical (unpaired) electrons. The molecule has 1 N–H and O–H groups in total. The van der Waals surface area contributed by atoms with Crippen LogP contribution in [0, 0.1) is 13.8 Å². The molecule has 0 aliphatic heterocycles. The lowest BCUT2D eigenvalue weighted by Crippen LogP contribution is -2.31. The number of furan rings is 1. The van der Waals surface area contributed by atoms with Crippen molar-refractivity contribution in [3.8, 4) is 11.4 Å². The molecule has 33 heavy (non-hydrogen) atoms. The molecule has 3 rings (SSSR count). The number of rotatable bonds is 8. The summed E-state index contributed by atoms with van der Waals surface area (Å²) in [6.45, 7) is 2.39. The largest absolute Gasteiger partial charge is 0.573 e. The van der Waals surface area contributed by atoms with Crippen LogP contribution in [-0.4, -0.2) is 41.7 Å².